The molecular formula is C20H21F3N4O3. The molecule has 2 aromatic rings. The Kier molecular flexibility index (Phi) is 5.88. The van der Waals surface area contributed by atoms with Gasteiger partial charge in [0.2, 0.25) is 0 Å². The quantitative estimate of drug-likeness (QED) is 0.689. The van der Waals surface area contributed by atoms with Gasteiger partial charge in [0.05, 0.1) is 12.1 Å². The van der Waals surface area contributed by atoms with Crippen LogP contribution in [0.2, 0.25) is 0 Å². The van der Waals surface area contributed by atoms with Gasteiger partial charge in [0.15, 0.2) is 0 Å². The third-order valence-corrected chi connectivity index (χ3v) is 4.54. The normalized spacial score (nSPS) is 18.4. The van der Waals surface area contributed by atoms with Crippen molar-refractivity contribution in [3.8, 4) is 0 Å². The van der Waals surface area contributed by atoms with E-state index >= 15 is 0 Å². The predicted molar refractivity (Wildman–Crippen MR) is 106 cm³/mol. The lowest BCUT2D eigenvalue weighted by Crippen LogP contribution is -2.45. The minimum Gasteiger partial charge on any atom is -0.378 e. The first-order valence-corrected chi connectivity index (χ1v) is 9.03. The lowest BCUT2D eigenvalue weighted by Gasteiger charge is -2.22. The average molecular weight is 422 g/mol. The molecule has 30 heavy (non-hydrogen) atoms. The number of anilines is 2. The maximum Gasteiger partial charge on any atom is 0.458 e. The van der Waals surface area contributed by atoms with Crippen molar-refractivity contribution in [2.75, 3.05) is 24.3 Å². The Balaban J connectivity index is 1.52. The third-order valence-electron chi connectivity index (χ3n) is 4.54. The van der Waals surface area contributed by atoms with Gasteiger partial charge in [0.25, 0.3) is 0 Å². The van der Waals surface area contributed by atoms with Gasteiger partial charge in [0.1, 0.15) is 0 Å². The smallest absolute Gasteiger partial charge is 0.378 e. The van der Waals surface area contributed by atoms with E-state index in [1.807, 2.05) is 31.1 Å². The molecule has 1 atom stereocenters. The Hall–Kier alpha value is -3.27. The molecule has 0 aromatic heterocycles. The number of hydrogen-bond donors (Lipinski definition) is 3. The molecule has 10 heteroatoms. The molecule has 160 valence electrons. The van der Waals surface area contributed by atoms with E-state index < -0.39 is 18.4 Å². The largest absolute Gasteiger partial charge is 0.458 e. The molecule has 1 heterocycles. The minimum absolute atomic E-state index is 0.00625. The summed E-state index contributed by atoms with van der Waals surface area (Å²) in [6.07, 6.45) is -5.73. The van der Waals surface area contributed by atoms with E-state index in [0.29, 0.717) is 11.3 Å². The molecule has 0 radical (unpaired) electrons. The molecule has 3 N–H and O–H groups in total. The van der Waals surface area contributed by atoms with Crippen molar-refractivity contribution < 1.29 is 27.9 Å². The van der Waals surface area contributed by atoms with Crippen LogP contribution in [0.1, 0.15) is 17.5 Å². The van der Waals surface area contributed by atoms with E-state index in [-0.39, 0.29) is 18.3 Å². The minimum atomic E-state index is -4.94. The van der Waals surface area contributed by atoms with Crippen molar-refractivity contribution in [2.24, 2.45) is 5.16 Å². The van der Waals surface area contributed by atoms with Crippen LogP contribution in [0, 0.1) is 0 Å². The number of urea groups is 1. The standard InChI is InChI=1S/C20H21F3N4O3/c1-27(2)16-9-7-15(8-10-16)25-18(28)24-12-13-3-5-14(6-4-13)17-11-19(29,30-26-17)20(21,22)23/h3-10,29H,11-12H2,1-2H3,(H2,24,25,28). The summed E-state index contributed by atoms with van der Waals surface area (Å²) in [5, 5.41) is 18.3. The summed E-state index contributed by atoms with van der Waals surface area (Å²) in [6.45, 7) is 0.220. The number of carbonyl (C=O) groups excluding carboxylic acids is 1. The van der Waals surface area contributed by atoms with Gasteiger partial charge in [-0.25, -0.2) is 4.79 Å². The molecule has 0 bridgehead atoms. The number of nitrogens with zero attached hydrogens (tertiary/aromatic N) is 2. The molecule has 0 saturated carbocycles. The summed E-state index contributed by atoms with van der Waals surface area (Å²) in [4.78, 5) is 18.2. The van der Waals surface area contributed by atoms with Crippen LogP contribution in [-0.2, 0) is 11.4 Å². The Morgan fingerprint density at radius 1 is 1.17 bits per heavy atom. The average Bonchev–Trinajstić information content (AvgIpc) is 3.11. The molecule has 0 fully saturated rings. The van der Waals surface area contributed by atoms with Crippen molar-refractivity contribution in [1.29, 1.82) is 0 Å². The zero-order valence-electron chi connectivity index (χ0n) is 16.3. The number of halogens is 3. The summed E-state index contributed by atoms with van der Waals surface area (Å²) in [5.41, 5.74) is 2.77. The molecular weight excluding hydrogens is 401 g/mol. The summed E-state index contributed by atoms with van der Waals surface area (Å²) in [6, 6.07) is 13.3. The molecule has 1 aliphatic heterocycles. The molecule has 0 spiro atoms. The maximum absolute atomic E-state index is 12.8. The number of amides is 2. The second kappa shape index (κ2) is 8.23. The highest BCUT2D eigenvalue weighted by atomic mass is 19.4. The highest BCUT2D eigenvalue weighted by Gasteiger charge is 2.60. The lowest BCUT2D eigenvalue weighted by molar-refractivity contribution is -0.355. The molecule has 2 aromatic carbocycles. The second-order valence-corrected chi connectivity index (χ2v) is 7.03. The van der Waals surface area contributed by atoms with E-state index in [1.165, 1.54) is 0 Å². The van der Waals surface area contributed by atoms with Gasteiger partial charge in [-0.1, -0.05) is 29.4 Å². The van der Waals surface area contributed by atoms with Gasteiger partial charge in [-0.3, -0.25) is 0 Å². The summed E-state index contributed by atoms with van der Waals surface area (Å²) >= 11 is 0. The Bertz CT molecular complexity index is 928. The van der Waals surface area contributed by atoms with Crippen molar-refractivity contribution in [3.63, 3.8) is 0 Å². The topological polar surface area (TPSA) is 86.2 Å². The van der Waals surface area contributed by atoms with Crippen LogP contribution in [-0.4, -0.2) is 42.9 Å². The Morgan fingerprint density at radius 2 is 1.80 bits per heavy atom. The van der Waals surface area contributed by atoms with Gasteiger partial charge in [0, 0.05) is 32.0 Å². The summed E-state index contributed by atoms with van der Waals surface area (Å²) < 4.78 is 38.4. The molecule has 7 nitrogen and oxygen atoms in total. The van der Waals surface area contributed by atoms with Crippen molar-refractivity contribution in [2.45, 2.75) is 24.9 Å². The van der Waals surface area contributed by atoms with Gasteiger partial charge in [-0.05, 0) is 35.4 Å². The van der Waals surface area contributed by atoms with Crippen LogP contribution >= 0.6 is 0 Å². The van der Waals surface area contributed by atoms with Gasteiger partial charge in [-0.15, -0.1) is 0 Å². The highest BCUT2D eigenvalue weighted by Crippen LogP contribution is 2.38. The van der Waals surface area contributed by atoms with Gasteiger partial charge < -0.3 is 25.5 Å². The fourth-order valence-corrected chi connectivity index (χ4v) is 2.74. The lowest BCUT2D eigenvalue weighted by atomic mass is 10.0. The molecule has 0 aliphatic carbocycles. The number of rotatable bonds is 5. The number of oxime groups is 1. The van der Waals surface area contributed by atoms with Gasteiger partial charge in [-0.2, -0.15) is 13.2 Å². The fourth-order valence-electron chi connectivity index (χ4n) is 2.74. The summed E-state index contributed by atoms with van der Waals surface area (Å²) in [7, 11) is 3.84. The van der Waals surface area contributed by atoms with Crippen LogP contribution in [0.25, 0.3) is 0 Å². The number of benzene rings is 2. The van der Waals surface area contributed by atoms with E-state index in [9.17, 15) is 23.1 Å². The first-order valence-electron chi connectivity index (χ1n) is 9.03. The number of aliphatic hydroxyl groups is 1. The highest BCUT2D eigenvalue weighted by molar-refractivity contribution is 6.01. The van der Waals surface area contributed by atoms with Crippen molar-refractivity contribution in [3.05, 3.63) is 59.7 Å². The zero-order chi connectivity index (χ0) is 21.9. The third kappa shape index (κ3) is 4.82. The van der Waals surface area contributed by atoms with Crippen LogP contribution in [0.5, 0.6) is 0 Å². The number of carbonyl (C=O) groups is 1. The van der Waals surface area contributed by atoms with E-state index in [1.54, 1.807) is 36.4 Å². The SMILES string of the molecule is CN(C)c1ccc(NC(=O)NCc2ccc(C3=NOC(O)(C(F)(F)F)C3)cc2)cc1. The number of hydrogen-bond acceptors (Lipinski definition) is 5. The molecule has 0 saturated heterocycles. The molecule has 3 rings (SSSR count). The molecule has 2 amide bonds. The zero-order valence-corrected chi connectivity index (χ0v) is 16.3. The van der Waals surface area contributed by atoms with E-state index in [4.69, 9.17) is 0 Å². The van der Waals surface area contributed by atoms with Crippen molar-refractivity contribution >= 4 is 23.1 Å². The van der Waals surface area contributed by atoms with Gasteiger partial charge >= 0.3 is 18.0 Å². The van der Waals surface area contributed by atoms with Crippen LogP contribution in [0.3, 0.4) is 0 Å². The first kappa shape index (κ1) is 21.4. The first-order chi connectivity index (χ1) is 14.1. The van der Waals surface area contributed by atoms with Crippen LogP contribution < -0.4 is 15.5 Å². The van der Waals surface area contributed by atoms with Crippen LogP contribution in [0.15, 0.2) is 53.7 Å². The van der Waals surface area contributed by atoms with Crippen molar-refractivity contribution in [1.82, 2.24) is 5.32 Å². The Labute approximate surface area is 171 Å². The van der Waals surface area contributed by atoms with E-state index in [0.717, 1.165) is 11.3 Å². The maximum atomic E-state index is 12.8. The summed E-state index contributed by atoms with van der Waals surface area (Å²) in [5.74, 6) is -3.30. The second-order valence-electron chi connectivity index (χ2n) is 7.03. The van der Waals surface area contributed by atoms with E-state index in [2.05, 4.69) is 20.6 Å². The monoisotopic (exact) mass is 422 g/mol. The number of nitrogens with one attached hydrogen (secondary N) is 2. The fraction of sp³-hybridized carbons (Fsp3) is 0.300. The van der Waals surface area contributed by atoms with Crippen LogP contribution in [0.4, 0.5) is 29.3 Å². The molecule has 1 unspecified atom stereocenters. The molecule has 1 aliphatic rings. The number of alkyl halides is 3. The predicted octanol–water partition coefficient (Wildman–Crippen LogP) is 3.45. The Morgan fingerprint density at radius 3 is 2.33 bits per heavy atom.